The van der Waals surface area contributed by atoms with Crippen molar-refractivity contribution in [3.8, 4) is 0 Å². The number of anilines is 1. The van der Waals surface area contributed by atoms with Gasteiger partial charge in [0.1, 0.15) is 0 Å². The van der Waals surface area contributed by atoms with E-state index in [4.69, 9.17) is 4.52 Å². The van der Waals surface area contributed by atoms with Crippen LogP contribution < -0.4 is 10.2 Å². The largest absolute Gasteiger partial charge is 0.360 e. The normalized spacial score (nSPS) is 18.2. The van der Waals surface area contributed by atoms with Gasteiger partial charge in [0, 0.05) is 25.2 Å². The van der Waals surface area contributed by atoms with Crippen molar-refractivity contribution in [2.75, 3.05) is 11.9 Å². The topological polar surface area (TPSA) is 75.4 Å². The van der Waals surface area contributed by atoms with E-state index in [9.17, 15) is 9.59 Å². The Morgan fingerprint density at radius 2 is 1.86 bits per heavy atom. The number of benzene rings is 2. The maximum absolute atomic E-state index is 13.4. The van der Waals surface area contributed by atoms with Crippen LogP contribution in [-0.4, -0.2) is 24.0 Å². The fraction of sp³-hybridized carbons (Fsp3) is 0.227. The molecule has 0 saturated carbocycles. The van der Waals surface area contributed by atoms with E-state index in [1.165, 1.54) is 6.20 Å². The Hall–Kier alpha value is -3.41. The summed E-state index contributed by atoms with van der Waals surface area (Å²) in [5.74, 6) is 0.305. The van der Waals surface area contributed by atoms with E-state index in [-0.39, 0.29) is 24.8 Å². The average molecular weight is 375 g/mol. The zero-order valence-electron chi connectivity index (χ0n) is 15.6. The van der Waals surface area contributed by atoms with Crippen LogP contribution in [0.2, 0.25) is 0 Å². The molecule has 2 aromatic carbocycles. The zero-order valence-corrected chi connectivity index (χ0v) is 15.6. The van der Waals surface area contributed by atoms with Crippen molar-refractivity contribution >= 4 is 17.5 Å². The summed E-state index contributed by atoms with van der Waals surface area (Å²) in [6.45, 7) is 0.242. The minimum absolute atomic E-state index is 0.0626. The lowest BCUT2D eigenvalue weighted by Gasteiger charge is -2.28. The molecule has 2 amide bonds. The van der Waals surface area contributed by atoms with Gasteiger partial charge in [-0.3, -0.25) is 9.59 Å². The van der Waals surface area contributed by atoms with Crippen LogP contribution in [0.1, 0.15) is 23.3 Å². The van der Waals surface area contributed by atoms with Crippen molar-refractivity contribution < 1.29 is 14.1 Å². The number of fused-ring (bicyclic) bond motifs is 1. The number of nitrogens with one attached hydrogen (secondary N) is 1. The molecule has 0 fully saturated rings. The molecular formula is C22H21N3O3. The minimum atomic E-state index is -0.932. The van der Waals surface area contributed by atoms with Crippen LogP contribution >= 0.6 is 0 Å². The summed E-state index contributed by atoms with van der Waals surface area (Å²) in [7, 11) is 1.76. The van der Waals surface area contributed by atoms with E-state index < -0.39 is 5.41 Å². The van der Waals surface area contributed by atoms with Crippen molar-refractivity contribution in [1.82, 2.24) is 10.5 Å². The number of amides is 2. The van der Waals surface area contributed by atoms with Crippen LogP contribution in [0, 0.1) is 0 Å². The zero-order chi connectivity index (χ0) is 19.6. The first-order valence-corrected chi connectivity index (χ1v) is 9.18. The van der Waals surface area contributed by atoms with E-state index in [0.717, 1.165) is 16.8 Å². The summed E-state index contributed by atoms with van der Waals surface area (Å²) in [6, 6.07) is 19.2. The first kappa shape index (κ1) is 18.0. The number of nitrogens with zero attached hydrogens (tertiary/aromatic N) is 2. The Morgan fingerprint density at radius 1 is 1.11 bits per heavy atom. The average Bonchev–Trinajstić information content (AvgIpc) is 3.31. The third-order valence-electron chi connectivity index (χ3n) is 5.26. The third kappa shape index (κ3) is 3.17. The van der Waals surface area contributed by atoms with Gasteiger partial charge in [-0.25, -0.2) is 0 Å². The third-order valence-corrected chi connectivity index (χ3v) is 5.26. The molecule has 0 saturated heterocycles. The monoisotopic (exact) mass is 375 g/mol. The number of likely N-dealkylation sites (N-methyl/N-ethyl adjacent to an activating group) is 1. The molecule has 2 heterocycles. The smallest absolute Gasteiger partial charge is 0.238 e. The maximum Gasteiger partial charge on any atom is 0.238 e. The fourth-order valence-electron chi connectivity index (χ4n) is 3.92. The van der Waals surface area contributed by atoms with Crippen molar-refractivity contribution in [1.29, 1.82) is 0 Å². The molecule has 1 aliphatic heterocycles. The van der Waals surface area contributed by atoms with Crippen LogP contribution in [-0.2, 0) is 28.0 Å². The molecule has 4 rings (SSSR count). The predicted octanol–water partition coefficient (Wildman–Crippen LogP) is 2.84. The number of carbonyl (C=O) groups is 2. The highest BCUT2D eigenvalue weighted by molar-refractivity contribution is 6.09. The molecule has 0 bridgehead atoms. The molecule has 0 unspecified atom stereocenters. The van der Waals surface area contributed by atoms with E-state index in [0.29, 0.717) is 12.2 Å². The van der Waals surface area contributed by atoms with E-state index in [2.05, 4.69) is 10.5 Å². The highest BCUT2D eigenvalue weighted by atomic mass is 16.5. The molecule has 1 aliphatic rings. The Balaban J connectivity index is 1.66. The first-order valence-electron chi connectivity index (χ1n) is 9.18. The van der Waals surface area contributed by atoms with Gasteiger partial charge in [-0.2, -0.15) is 0 Å². The van der Waals surface area contributed by atoms with Crippen LogP contribution in [0.4, 0.5) is 5.69 Å². The van der Waals surface area contributed by atoms with Gasteiger partial charge in [-0.1, -0.05) is 53.7 Å². The maximum atomic E-state index is 13.4. The molecule has 0 radical (unpaired) electrons. The van der Waals surface area contributed by atoms with E-state index in [1.807, 2.05) is 54.6 Å². The standard InChI is InChI=1S/C22H21N3O3/c1-25-19-10-6-5-9-18(19)22(21(25)27,13-16-7-3-2-4-8-16)14-20(26)23-15-17-11-12-24-28-17/h2-12H,13-15H2,1H3,(H,23,26)/t22-/m1/s1. The van der Waals surface area contributed by atoms with Crippen LogP contribution in [0.15, 0.2) is 71.4 Å². The van der Waals surface area contributed by atoms with E-state index in [1.54, 1.807) is 18.0 Å². The molecule has 0 aliphatic carbocycles. The van der Waals surface area contributed by atoms with Gasteiger partial charge in [-0.05, 0) is 23.6 Å². The molecule has 6 nitrogen and oxygen atoms in total. The number of hydrogen-bond acceptors (Lipinski definition) is 4. The highest BCUT2D eigenvalue weighted by Gasteiger charge is 2.50. The second-order valence-electron chi connectivity index (χ2n) is 7.06. The Morgan fingerprint density at radius 3 is 2.61 bits per heavy atom. The lowest BCUT2D eigenvalue weighted by molar-refractivity contribution is -0.129. The van der Waals surface area contributed by atoms with Crippen molar-refractivity contribution in [3.63, 3.8) is 0 Å². The Kier molecular flexibility index (Phi) is 4.69. The summed E-state index contributed by atoms with van der Waals surface area (Å²) in [4.78, 5) is 27.8. The molecule has 3 aromatic rings. The number of para-hydroxylation sites is 1. The van der Waals surface area contributed by atoms with Gasteiger partial charge in [0.25, 0.3) is 0 Å². The summed E-state index contributed by atoms with van der Waals surface area (Å²) in [6.07, 6.45) is 2.06. The lowest BCUT2D eigenvalue weighted by Crippen LogP contribution is -2.44. The second kappa shape index (κ2) is 7.31. The van der Waals surface area contributed by atoms with Gasteiger partial charge < -0.3 is 14.7 Å². The van der Waals surface area contributed by atoms with Gasteiger partial charge >= 0.3 is 0 Å². The Labute approximate surface area is 163 Å². The minimum Gasteiger partial charge on any atom is -0.360 e. The van der Waals surface area contributed by atoms with Crippen LogP contribution in [0.3, 0.4) is 0 Å². The summed E-state index contributed by atoms with van der Waals surface area (Å²) >= 11 is 0. The van der Waals surface area contributed by atoms with Crippen LogP contribution in [0.25, 0.3) is 0 Å². The van der Waals surface area contributed by atoms with Gasteiger partial charge in [0.15, 0.2) is 5.76 Å². The van der Waals surface area contributed by atoms with Gasteiger partial charge in [-0.15, -0.1) is 0 Å². The molecular weight excluding hydrogens is 354 g/mol. The summed E-state index contributed by atoms with van der Waals surface area (Å²) < 4.78 is 5.03. The lowest BCUT2D eigenvalue weighted by atomic mass is 9.73. The summed E-state index contributed by atoms with van der Waals surface area (Å²) in [5, 5.41) is 6.48. The van der Waals surface area contributed by atoms with Crippen LogP contribution in [0.5, 0.6) is 0 Å². The predicted molar refractivity (Wildman–Crippen MR) is 105 cm³/mol. The van der Waals surface area contributed by atoms with Gasteiger partial charge in [0.2, 0.25) is 11.8 Å². The Bertz CT molecular complexity index is 985. The molecule has 0 spiro atoms. The van der Waals surface area contributed by atoms with Crippen molar-refractivity contribution in [2.45, 2.75) is 24.8 Å². The number of carbonyl (C=O) groups excluding carboxylic acids is 2. The molecule has 1 atom stereocenters. The molecule has 142 valence electrons. The summed E-state index contributed by atoms with van der Waals surface area (Å²) in [5.41, 5.74) is 1.83. The first-order chi connectivity index (χ1) is 13.6. The number of hydrogen-bond donors (Lipinski definition) is 1. The SMILES string of the molecule is CN1C(=O)[C@@](CC(=O)NCc2ccno2)(Cc2ccccc2)c2ccccc21. The van der Waals surface area contributed by atoms with Crippen molar-refractivity contribution in [2.24, 2.45) is 0 Å². The number of rotatable bonds is 6. The van der Waals surface area contributed by atoms with Crippen molar-refractivity contribution in [3.05, 3.63) is 83.7 Å². The second-order valence-corrected chi connectivity index (χ2v) is 7.06. The molecule has 6 heteroatoms. The molecule has 1 aromatic heterocycles. The quantitative estimate of drug-likeness (QED) is 0.719. The van der Waals surface area contributed by atoms with E-state index >= 15 is 0 Å². The number of aromatic nitrogens is 1. The van der Waals surface area contributed by atoms with Gasteiger partial charge in [0.05, 0.1) is 18.2 Å². The molecule has 28 heavy (non-hydrogen) atoms. The molecule has 1 N–H and O–H groups in total. The highest BCUT2D eigenvalue weighted by Crippen LogP contribution is 2.45. The fourth-order valence-corrected chi connectivity index (χ4v) is 3.92.